The van der Waals surface area contributed by atoms with Crippen molar-refractivity contribution in [1.82, 2.24) is 60.0 Å². The fourth-order valence-corrected chi connectivity index (χ4v) is 17.4. The smallest absolute Gasteiger partial charge is 0.347 e. The van der Waals surface area contributed by atoms with Crippen LogP contribution in [0.2, 0.25) is 0 Å². The van der Waals surface area contributed by atoms with Crippen LogP contribution in [0.15, 0.2) is 0 Å². The molecule has 3 N–H and O–H groups in total. The van der Waals surface area contributed by atoms with Crippen LogP contribution in [0.1, 0.15) is 195 Å². The Morgan fingerprint density at radius 3 is 1.73 bits per heavy atom. The molecule has 32 heteroatoms. The van der Waals surface area contributed by atoms with E-state index in [-0.39, 0.29) is 96.1 Å². The first-order valence-corrected chi connectivity index (χ1v) is 38.3. The number of halogens is 8. The first-order chi connectivity index (χ1) is 49.6. The molecule has 1 spiro atoms. The number of likely N-dealkylation sites (N-methyl/N-ethyl adjacent to an activating group) is 7. The molecule has 7 aliphatic rings. The van der Waals surface area contributed by atoms with Gasteiger partial charge < -0.3 is 60.0 Å². The van der Waals surface area contributed by atoms with Crippen LogP contribution in [0, 0.1) is 41.4 Å². The van der Waals surface area contributed by atoms with Crippen molar-refractivity contribution in [3.8, 4) is 0 Å². The lowest BCUT2D eigenvalue weighted by Gasteiger charge is -2.42. The minimum atomic E-state index is -5.20. The molecule has 0 aromatic heterocycles. The van der Waals surface area contributed by atoms with Crippen LogP contribution in [0.3, 0.4) is 0 Å². The first-order valence-electron chi connectivity index (χ1n) is 38.3. The second kappa shape index (κ2) is 37.0. The van der Waals surface area contributed by atoms with Gasteiger partial charge in [-0.05, 0) is 145 Å². The molecule has 0 aromatic rings. The molecule has 4 saturated carbocycles. The van der Waals surface area contributed by atoms with Gasteiger partial charge in [-0.15, -0.1) is 0 Å². The van der Waals surface area contributed by atoms with Gasteiger partial charge in [0.2, 0.25) is 70.9 Å². The predicted molar refractivity (Wildman–Crippen MR) is 375 cm³/mol. The largest absolute Gasteiger partial charge is 0.397 e. The molecule has 11 atom stereocenters. The third-order valence-corrected chi connectivity index (χ3v) is 24.1. The topological polar surface area (TPSA) is 270 Å². The minimum absolute atomic E-state index is 0.0187. The molecule has 7 fully saturated rings. The zero-order valence-electron chi connectivity index (χ0n) is 64.0. The number of carbonyl (C=O) groups excluding carboxylic acids is 12. The van der Waals surface area contributed by atoms with E-state index in [1.165, 1.54) is 80.9 Å². The fraction of sp³-hybridized carbons (Fsp3) is 0.838. The van der Waals surface area contributed by atoms with Gasteiger partial charge >= 0.3 is 12.4 Å². The van der Waals surface area contributed by atoms with Crippen molar-refractivity contribution in [2.75, 3.05) is 82.6 Å². The molecule has 12 amide bonds. The Hall–Kier alpha value is -6.92. The zero-order chi connectivity index (χ0) is 78.8. The number of hydrogen-bond donors (Lipinski definition) is 3. The van der Waals surface area contributed by atoms with E-state index in [0.717, 1.165) is 19.6 Å². The molecule has 7 rings (SSSR count). The lowest BCUT2D eigenvalue weighted by Crippen LogP contribution is -2.65. The van der Waals surface area contributed by atoms with E-state index in [4.69, 9.17) is 0 Å². The van der Waals surface area contributed by atoms with Crippen molar-refractivity contribution in [1.29, 1.82) is 0 Å². The van der Waals surface area contributed by atoms with Crippen molar-refractivity contribution in [3.63, 3.8) is 0 Å². The standard InChI is InChI=1S/C74H116F8N12O12/c1-13-44(4)61-69(104)88(8)42-59(97)89(9)53-24-15-14-20-34-94(68(53)103)56(39-45-26-29-48(30-27-45)73(77,78)79)67(102)87(7)41-57(95)83-51(31-28-46-37-49(75)60(50(76)38-46)74(80,81)82)65(100)93-35-21-25-52(93)64(99)85-72(32-18-19-33-72)71(106)92(12)62(47-22-16-17-23-47)70(105)91(11)55(66(101)86(5)6)40-58(96)90(10)54(36-43(2)3)63(98)84-61/h43-56,60-62H,13-42H2,1-12H3,(H,83,95)(H,84,98)(H,85,99)/t44-,45?,46?,48?,49?,50?,51-,52-,53-,54-,55-,56-,60?,61-,62-/m0/s1. The maximum atomic E-state index is 15.6. The van der Waals surface area contributed by atoms with Crippen molar-refractivity contribution in [3.05, 3.63) is 0 Å². The second-order valence-corrected chi connectivity index (χ2v) is 32.2. The summed E-state index contributed by atoms with van der Waals surface area (Å²) in [5.74, 6) is -16.5. The molecule has 106 heavy (non-hydrogen) atoms. The van der Waals surface area contributed by atoms with Gasteiger partial charge in [0, 0.05) is 69.5 Å². The third-order valence-electron chi connectivity index (χ3n) is 24.1. The molecule has 4 aliphatic carbocycles. The number of nitrogens with one attached hydrogen (secondary N) is 3. The van der Waals surface area contributed by atoms with Crippen molar-refractivity contribution < 1.29 is 92.7 Å². The van der Waals surface area contributed by atoms with Gasteiger partial charge in [-0.25, -0.2) is 8.78 Å². The number of nitrogens with zero attached hydrogens (tertiary/aromatic N) is 9. The number of amides is 12. The van der Waals surface area contributed by atoms with E-state index < -0.39 is 224 Å². The van der Waals surface area contributed by atoms with Crippen LogP contribution in [0.4, 0.5) is 35.1 Å². The summed E-state index contributed by atoms with van der Waals surface area (Å²) in [5, 5.41) is 8.49. The molecule has 3 heterocycles. The van der Waals surface area contributed by atoms with E-state index >= 15 is 37.5 Å². The van der Waals surface area contributed by atoms with Crippen LogP contribution in [-0.4, -0.2) is 276 Å². The van der Waals surface area contributed by atoms with Crippen LogP contribution >= 0.6 is 0 Å². The summed E-state index contributed by atoms with van der Waals surface area (Å²) in [4.78, 5) is 191. The SMILES string of the molecule is CC[C@H](C)[C@@H]1NC(=O)[C@H](CC(C)C)N(C)C(=O)C[C@@H](C(=O)N(C)C)N(C)C(=O)[C@H](C2CCCC2)N(C)C(=O)C2(CCCC2)NC(=O)[C@@H]2CCCN2C(=O)[C@H](CCC2CC(F)C(C(F)(F)F)C(F)C2)NC(=O)CN(C)C(=O)[C@H](CC2CCC(C(F)(F)F)CC2)N2CCCCC[C@@H](C2=O)N(C)C(=O)CN(C)C1=O. The molecule has 0 aromatic carbocycles. The van der Waals surface area contributed by atoms with Gasteiger partial charge in [0.1, 0.15) is 72.1 Å². The van der Waals surface area contributed by atoms with Crippen molar-refractivity contribution in [2.45, 2.75) is 273 Å². The van der Waals surface area contributed by atoms with E-state index in [0.29, 0.717) is 64.2 Å². The zero-order valence-corrected chi connectivity index (χ0v) is 64.0. The monoisotopic (exact) mass is 1520 g/mol. The predicted octanol–water partition coefficient (Wildman–Crippen LogP) is 6.95. The highest BCUT2D eigenvalue weighted by Gasteiger charge is 2.55. The summed E-state index contributed by atoms with van der Waals surface area (Å²) in [6.45, 7) is 5.53. The number of alkyl halides is 8. The third kappa shape index (κ3) is 20.9. The molecular formula is C74H116F8N12O12. The maximum absolute atomic E-state index is 15.6. The Bertz CT molecular complexity index is 3110. The molecule has 0 radical (unpaired) electrons. The average molecular weight is 1520 g/mol. The summed E-state index contributed by atoms with van der Waals surface area (Å²) in [6.07, 6.45) is -13.0. The Kier molecular flexibility index (Phi) is 30.1. The molecule has 3 aliphatic heterocycles. The van der Waals surface area contributed by atoms with Crippen LogP contribution in [0.25, 0.3) is 0 Å². The van der Waals surface area contributed by atoms with Gasteiger partial charge in [0.15, 0.2) is 0 Å². The minimum Gasteiger partial charge on any atom is -0.347 e. The van der Waals surface area contributed by atoms with Crippen molar-refractivity contribution in [2.24, 2.45) is 41.4 Å². The molecule has 24 nitrogen and oxygen atoms in total. The quantitative estimate of drug-likeness (QED) is 0.177. The van der Waals surface area contributed by atoms with Crippen molar-refractivity contribution >= 4 is 70.9 Å². The fourth-order valence-electron chi connectivity index (χ4n) is 17.4. The lowest BCUT2D eigenvalue weighted by molar-refractivity contribution is -0.219. The lowest BCUT2D eigenvalue weighted by atomic mass is 9.76. The molecule has 2 bridgehead atoms. The molecule has 2 unspecified atom stereocenters. The van der Waals surface area contributed by atoms with Crippen LogP contribution in [-0.2, 0) is 57.5 Å². The molecular weight excluding hydrogens is 1400 g/mol. The highest BCUT2D eigenvalue weighted by atomic mass is 19.4. The van der Waals surface area contributed by atoms with E-state index in [9.17, 15) is 55.1 Å². The van der Waals surface area contributed by atoms with Crippen LogP contribution in [0.5, 0.6) is 0 Å². The summed E-state index contributed by atoms with van der Waals surface area (Å²) < 4.78 is 115. The normalized spacial score (nSPS) is 31.6. The van der Waals surface area contributed by atoms with Crippen LogP contribution < -0.4 is 16.0 Å². The highest BCUT2D eigenvalue weighted by Crippen LogP contribution is 2.46. The highest BCUT2D eigenvalue weighted by molar-refractivity contribution is 6.01. The Morgan fingerprint density at radius 2 is 1.15 bits per heavy atom. The van der Waals surface area contributed by atoms with Gasteiger partial charge in [-0.1, -0.05) is 72.6 Å². The Labute approximate surface area is 618 Å². The second-order valence-electron chi connectivity index (χ2n) is 32.2. The van der Waals surface area contributed by atoms with Gasteiger partial charge in [-0.3, -0.25) is 57.5 Å². The van der Waals surface area contributed by atoms with E-state index in [1.54, 1.807) is 13.8 Å². The van der Waals surface area contributed by atoms with Gasteiger partial charge in [-0.2, -0.15) is 26.3 Å². The number of rotatable bonds is 11. The number of fused-ring (bicyclic) bond motifs is 3. The maximum Gasteiger partial charge on any atom is 0.397 e. The number of hydrogen-bond acceptors (Lipinski definition) is 12. The average Bonchev–Trinajstić information content (AvgIpc) is 1.52. The molecule has 3 saturated heterocycles. The summed E-state index contributed by atoms with van der Waals surface area (Å²) in [7, 11) is 11.0. The Balaban J connectivity index is 1.31. The summed E-state index contributed by atoms with van der Waals surface area (Å²) >= 11 is 0. The first kappa shape index (κ1) is 86.3. The van der Waals surface area contributed by atoms with E-state index in [2.05, 4.69) is 16.0 Å². The van der Waals surface area contributed by atoms with Gasteiger partial charge in [0.05, 0.1) is 25.4 Å². The summed E-state index contributed by atoms with van der Waals surface area (Å²) in [5.41, 5.74) is -1.66. The number of carbonyl (C=O) groups is 12. The van der Waals surface area contributed by atoms with Gasteiger partial charge in [0.25, 0.3) is 0 Å². The van der Waals surface area contributed by atoms with E-state index in [1.807, 2.05) is 13.8 Å². The molecule has 600 valence electrons. The summed E-state index contributed by atoms with van der Waals surface area (Å²) in [6, 6.07) is -11.0. The Morgan fingerprint density at radius 1 is 0.566 bits per heavy atom.